The van der Waals surface area contributed by atoms with Crippen molar-refractivity contribution in [2.24, 2.45) is 0 Å². The summed E-state index contributed by atoms with van der Waals surface area (Å²) in [5.74, 6) is -0.177. The lowest BCUT2D eigenvalue weighted by atomic mass is 9.98. The minimum atomic E-state index is -0.294. The van der Waals surface area contributed by atoms with Gasteiger partial charge in [0, 0.05) is 38.8 Å². The fourth-order valence-electron chi connectivity index (χ4n) is 4.86. The Morgan fingerprint density at radius 1 is 0.975 bits per heavy atom. The Labute approximate surface area is 236 Å². The van der Waals surface area contributed by atoms with Gasteiger partial charge in [-0.05, 0) is 68.8 Å². The van der Waals surface area contributed by atoms with Gasteiger partial charge in [0.2, 0.25) is 5.91 Å². The predicted octanol–water partition coefficient (Wildman–Crippen LogP) is 2.77. The summed E-state index contributed by atoms with van der Waals surface area (Å²) in [6.07, 6.45) is 4.44. The van der Waals surface area contributed by atoms with Crippen molar-refractivity contribution < 1.29 is 14.3 Å². The monoisotopic (exact) mass is 547 g/mol. The van der Waals surface area contributed by atoms with E-state index >= 15 is 0 Å². The second-order valence-corrected chi connectivity index (χ2v) is 10.2. The summed E-state index contributed by atoms with van der Waals surface area (Å²) in [6, 6.07) is 15.6. The molecule has 0 fully saturated rings. The molecule has 3 N–H and O–H groups in total. The number of amides is 2. The van der Waals surface area contributed by atoms with Gasteiger partial charge in [0.05, 0.1) is 11.4 Å². The molecule has 2 amide bonds. The third-order valence-corrected chi connectivity index (χ3v) is 7.19. The number of aromatic nitrogens is 3. The minimum absolute atomic E-state index is 0.0201. The lowest BCUT2D eigenvalue weighted by Gasteiger charge is -2.20. The molecule has 214 valence electrons. The second kappa shape index (κ2) is 14.7. The molecule has 3 aromatic rings. The molecule has 0 aliphatic heterocycles. The van der Waals surface area contributed by atoms with Crippen molar-refractivity contribution in [3.05, 3.63) is 76.6 Å². The number of hydrogen-bond acceptors (Lipinski definition) is 7. The van der Waals surface area contributed by atoms with Crippen LogP contribution in [0.3, 0.4) is 0 Å². The van der Waals surface area contributed by atoms with E-state index in [0.717, 1.165) is 67.8 Å². The maximum absolute atomic E-state index is 12.7. The van der Waals surface area contributed by atoms with Gasteiger partial charge in [-0.25, -0.2) is 4.68 Å². The largest absolute Gasteiger partial charge is 0.362 e. The molecule has 2 aromatic carbocycles. The van der Waals surface area contributed by atoms with Crippen LogP contribution in [-0.2, 0) is 29.0 Å². The smallest absolute Gasteiger partial charge is 0.253 e. The number of hydrogen-bond donors (Lipinski definition) is 3. The fraction of sp³-hybridized carbons (Fsp3) is 0.467. The van der Waals surface area contributed by atoms with Crippen LogP contribution in [0.4, 0.5) is 0 Å². The Kier molecular flexibility index (Phi) is 10.8. The number of rotatable bonds is 12. The Morgan fingerprint density at radius 2 is 1.70 bits per heavy atom. The molecule has 4 rings (SSSR count). The second-order valence-electron chi connectivity index (χ2n) is 10.2. The van der Waals surface area contributed by atoms with Gasteiger partial charge >= 0.3 is 0 Å². The molecule has 0 radical (unpaired) electrons. The number of likely N-dealkylation sites (N-methyl/N-ethyl adjacent to an activating group) is 2. The van der Waals surface area contributed by atoms with Crippen molar-refractivity contribution in [3.8, 4) is 5.69 Å². The maximum Gasteiger partial charge on any atom is 0.253 e. The van der Waals surface area contributed by atoms with E-state index in [4.69, 9.17) is 4.74 Å². The maximum atomic E-state index is 12.7. The van der Waals surface area contributed by atoms with Gasteiger partial charge in [0.25, 0.3) is 5.91 Å². The number of carbonyl (C=O) groups excluding carboxylic acids is 2. The van der Waals surface area contributed by atoms with Gasteiger partial charge in [-0.1, -0.05) is 42.3 Å². The molecule has 1 aromatic heterocycles. The van der Waals surface area contributed by atoms with E-state index in [0.29, 0.717) is 18.7 Å². The molecule has 10 nitrogen and oxygen atoms in total. The van der Waals surface area contributed by atoms with Crippen molar-refractivity contribution in [3.63, 3.8) is 0 Å². The van der Waals surface area contributed by atoms with E-state index in [1.165, 1.54) is 5.56 Å². The summed E-state index contributed by atoms with van der Waals surface area (Å²) < 4.78 is 7.95. The first kappa shape index (κ1) is 29.4. The topological polar surface area (TPSA) is 113 Å². The van der Waals surface area contributed by atoms with Crippen LogP contribution in [0.1, 0.15) is 64.7 Å². The molecule has 1 atom stereocenters. The lowest BCUT2D eigenvalue weighted by Crippen LogP contribution is -2.32. The Hall–Kier alpha value is -3.60. The molecule has 1 aliphatic carbocycles. The Bertz CT molecular complexity index is 1240. The number of nitrogens with one attached hydrogen (secondary N) is 3. The standard InChI is InChI=1S/C30H41N7O3/c1-31-17-18-36(3)30(39)24-13-15-25(16-14-24)37-26-7-5-4-6-8-27(29(26)34-35-37)40-21-28(38)33-20-23-11-9-22(10-12-23)19-32-2/h9-16,27,31-32H,4-8,17-21H2,1-3H3,(H,33,38). The van der Waals surface area contributed by atoms with Crippen LogP contribution in [0.15, 0.2) is 48.5 Å². The quantitative estimate of drug-likeness (QED) is 0.320. The van der Waals surface area contributed by atoms with Crippen LogP contribution in [0, 0.1) is 0 Å². The minimum Gasteiger partial charge on any atom is -0.362 e. The van der Waals surface area contributed by atoms with E-state index in [2.05, 4.69) is 38.4 Å². The number of nitrogens with zero attached hydrogens (tertiary/aromatic N) is 4. The molecule has 1 heterocycles. The molecular weight excluding hydrogens is 506 g/mol. The first-order valence-corrected chi connectivity index (χ1v) is 14.1. The van der Waals surface area contributed by atoms with Gasteiger partial charge in [0.15, 0.2) is 0 Å². The summed E-state index contributed by atoms with van der Waals surface area (Å²) in [6.45, 7) is 2.61. The highest BCUT2D eigenvalue weighted by Crippen LogP contribution is 2.30. The molecule has 1 unspecified atom stereocenters. The molecule has 0 saturated heterocycles. The number of fused-ring (bicyclic) bond motifs is 1. The van der Waals surface area contributed by atoms with E-state index in [9.17, 15) is 9.59 Å². The lowest BCUT2D eigenvalue weighted by molar-refractivity contribution is -0.128. The van der Waals surface area contributed by atoms with E-state index in [1.54, 1.807) is 11.9 Å². The van der Waals surface area contributed by atoms with Crippen LogP contribution in [0.5, 0.6) is 0 Å². The molecular formula is C30H41N7O3. The predicted molar refractivity (Wildman–Crippen MR) is 154 cm³/mol. The van der Waals surface area contributed by atoms with Crippen LogP contribution in [0.25, 0.3) is 5.69 Å². The first-order valence-electron chi connectivity index (χ1n) is 14.1. The summed E-state index contributed by atoms with van der Waals surface area (Å²) >= 11 is 0. The number of benzene rings is 2. The third kappa shape index (κ3) is 7.74. The van der Waals surface area contributed by atoms with E-state index in [1.807, 2.05) is 55.2 Å². The highest BCUT2D eigenvalue weighted by molar-refractivity contribution is 5.94. The van der Waals surface area contributed by atoms with Crippen molar-refractivity contribution in [2.75, 3.05) is 40.8 Å². The van der Waals surface area contributed by atoms with Gasteiger partial charge in [-0.2, -0.15) is 0 Å². The van der Waals surface area contributed by atoms with Crippen LogP contribution in [0.2, 0.25) is 0 Å². The molecule has 0 spiro atoms. The molecule has 0 bridgehead atoms. The SMILES string of the molecule is CNCCN(C)C(=O)c1ccc(-n2nnc3c2CCCCCC3OCC(=O)NCc2ccc(CNC)cc2)cc1. The third-order valence-electron chi connectivity index (χ3n) is 7.19. The average Bonchev–Trinajstić information content (AvgIpc) is 3.38. The van der Waals surface area contributed by atoms with E-state index < -0.39 is 0 Å². The zero-order valence-corrected chi connectivity index (χ0v) is 23.8. The van der Waals surface area contributed by atoms with Gasteiger partial charge < -0.3 is 25.6 Å². The molecule has 10 heteroatoms. The molecule has 0 saturated carbocycles. The highest BCUT2D eigenvalue weighted by atomic mass is 16.5. The zero-order valence-electron chi connectivity index (χ0n) is 23.8. The summed E-state index contributed by atoms with van der Waals surface area (Å²) in [5.41, 5.74) is 5.51. The van der Waals surface area contributed by atoms with Crippen LogP contribution in [-0.4, -0.2) is 72.5 Å². The van der Waals surface area contributed by atoms with Gasteiger partial charge in [-0.15, -0.1) is 5.10 Å². The van der Waals surface area contributed by atoms with Crippen molar-refractivity contribution in [2.45, 2.75) is 51.3 Å². The summed E-state index contributed by atoms with van der Waals surface area (Å²) in [4.78, 5) is 27.0. The average molecular weight is 548 g/mol. The number of carbonyl (C=O) groups is 2. The van der Waals surface area contributed by atoms with Crippen molar-refractivity contribution >= 4 is 11.8 Å². The molecule has 40 heavy (non-hydrogen) atoms. The number of ether oxygens (including phenoxy) is 1. The first-order chi connectivity index (χ1) is 19.5. The van der Waals surface area contributed by atoms with E-state index in [-0.39, 0.29) is 24.5 Å². The Balaban J connectivity index is 1.39. The van der Waals surface area contributed by atoms with Crippen LogP contribution >= 0.6 is 0 Å². The van der Waals surface area contributed by atoms with Gasteiger partial charge in [0.1, 0.15) is 18.4 Å². The highest BCUT2D eigenvalue weighted by Gasteiger charge is 2.25. The van der Waals surface area contributed by atoms with Crippen molar-refractivity contribution in [1.29, 1.82) is 0 Å². The summed E-state index contributed by atoms with van der Waals surface area (Å²) in [7, 11) is 5.59. The molecule has 1 aliphatic rings. The normalized spacial score (nSPS) is 15.1. The van der Waals surface area contributed by atoms with Crippen LogP contribution < -0.4 is 16.0 Å². The van der Waals surface area contributed by atoms with Crippen molar-refractivity contribution in [1.82, 2.24) is 35.8 Å². The summed E-state index contributed by atoms with van der Waals surface area (Å²) in [5, 5.41) is 18.1. The van der Waals surface area contributed by atoms with Gasteiger partial charge in [-0.3, -0.25) is 9.59 Å². The Morgan fingerprint density at radius 3 is 2.40 bits per heavy atom. The fourth-order valence-corrected chi connectivity index (χ4v) is 4.86. The zero-order chi connectivity index (χ0) is 28.3.